The fraction of sp³-hybridized carbons (Fsp3) is 0.208. The smallest absolute Gasteiger partial charge is 0.234 e. The van der Waals surface area contributed by atoms with Crippen LogP contribution in [0.4, 0.5) is 17.1 Å². The lowest BCUT2D eigenvalue weighted by Gasteiger charge is -2.11. The molecule has 0 spiro atoms. The first-order valence-corrected chi connectivity index (χ1v) is 10.7. The molecule has 6 nitrogen and oxygen atoms in total. The summed E-state index contributed by atoms with van der Waals surface area (Å²) in [6, 6.07) is 17.5. The second-order valence-electron chi connectivity index (χ2n) is 7.20. The first-order valence-electron chi connectivity index (χ1n) is 9.76. The van der Waals surface area contributed by atoms with Crippen molar-refractivity contribution < 1.29 is 4.79 Å². The van der Waals surface area contributed by atoms with E-state index in [1.54, 1.807) is 0 Å². The topological polar surface area (TPSA) is 90.5 Å². The Morgan fingerprint density at radius 2 is 1.61 bits per heavy atom. The van der Waals surface area contributed by atoms with Crippen LogP contribution in [-0.2, 0) is 4.79 Å². The van der Waals surface area contributed by atoms with Gasteiger partial charge in [-0.2, -0.15) is 10.4 Å². The van der Waals surface area contributed by atoms with Gasteiger partial charge in [-0.25, -0.2) is 4.98 Å². The zero-order valence-corrected chi connectivity index (χ0v) is 18.7. The van der Waals surface area contributed by atoms with Crippen molar-refractivity contribution >= 4 is 34.7 Å². The Kier molecular flexibility index (Phi) is 7.16. The van der Waals surface area contributed by atoms with Gasteiger partial charge in [-0.15, -0.1) is 5.11 Å². The quantitative estimate of drug-likeness (QED) is 0.366. The van der Waals surface area contributed by atoms with Gasteiger partial charge in [0, 0.05) is 5.69 Å². The van der Waals surface area contributed by atoms with E-state index in [2.05, 4.69) is 26.6 Å². The first kappa shape index (κ1) is 22.2. The number of nitriles is 1. The van der Waals surface area contributed by atoms with E-state index in [9.17, 15) is 10.1 Å². The number of benzene rings is 2. The molecular formula is C24H23N5OS. The average Bonchev–Trinajstić information content (AvgIpc) is 2.75. The van der Waals surface area contributed by atoms with Crippen LogP contribution in [0.5, 0.6) is 0 Å². The largest absolute Gasteiger partial charge is 0.325 e. The van der Waals surface area contributed by atoms with Crippen LogP contribution < -0.4 is 5.32 Å². The molecule has 2 aromatic carbocycles. The SMILES string of the molecule is Cc1ccc(N=Nc2c(C)nc(SCC(=O)Nc3ccc(C)cc3)c(C#N)c2C)cc1. The second-order valence-corrected chi connectivity index (χ2v) is 8.17. The van der Waals surface area contributed by atoms with Gasteiger partial charge in [0.2, 0.25) is 5.91 Å². The molecule has 0 aliphatic carbocycles. The summed E-state index contributed by atoms with van der Waals surface area (Å²) < 4.78 is 0. The van der Waals surface area contributed by atoms with E-state index in [-0.39, 0.29) is 11.7 Å². The molecule has 0 bridgehead atoms. The summed E-state index contributed by atoms with van der Waals surface area (Å²) in [6.45, 7) is 7.65. The molecule has 7 heteroatoms. The van der Waals surface area contributed by atoms with Crippen LogP contribution in [0.2, 0.25) is 0 Å². The summed E-state index contributed by atoms with van der Waals surface area (Å²) in [4.78, 5) is 16.8. The Bertz CT molecular complexity index is 1160. The summed E-state index contributed by atoms with van der Waals surface area (Å²) in [6.07, 6.45) is 0. The minimum Gasteiger partial charge on any atom is -0.325 e. The van der Waals surface area contributed by atoms with Crippen molar-refractivity contribution in [3.8, 4) is 6.07 Å². The van der Waals surface area contributed by atoms with Crippen molar-refractivity contribution in [1.29, 1.82) is 5.26 Å². The predicted molar refractivity (Wildman–Crippen MR) is 124 cm³/mol. The lowest BCUT2D eigenvalue weighted by Crippen LogP contribution is -2.14. The van der Waals surface area contributed by atoms with Crippen molar-refractivity contribution in [3.63, 3.8) is 0 Å². The molecule has 156 valence electrons. The number of hydrogen-bond donors (Lipinski definition) is 1. The molecule has 1 N–H and O–H groups in total. The Labute approximate surface area is 186 Å². The van der Waals surface area contributed by atoms with E-state index < -0.39 is 0 Å². The minimum atomic E-state index is -0.155. The van der Waals surface area contributed by atoms with Gasteiger partial charge in [-0.1, -0.05) is 47.2 Å². The van der Waals surface area contributed by atoms with Gasteiger partial charge in [0.05, 0.1) is 22.7 Å². The molecule has 1 amide bonds. The van der Waals surface area contributed by atoms with Crippen molar-refractivity contribution in [1.82, 2.24) is 4.98 Å². The third-order valence-corrected chi connectivity index (χ3v) is 5.62. The summed E-state index contributed by atoms with van der Waals surface area (Å²) in [5.41, 5.74) is 6.09. The van der Waals surface area contributed by atoms with Crippen LogP contribution in [0.15, 0.2) is 63.8 Å². The van der Waals surface area contributed by atoms with Crippen LogP contribution in [0.25, 0.3) is 0 Å². The van der Waals surface area contributed by atoms with Gasteiger partial charge in [-0.05, 0) is 57.5 Å². The number of thioether (sulfide) groups is 1. The number of anilines is 1. The van der Waals surface area contributed by atoms with E-state index >= 15 is 0 Å². The number of carbonyl (C=O) groups is 1. The van der Waals surface area contributed by atoms with Crippen LogP contribution in [0.1, 0.15) is 27.9 Å². The number of carbonyl (C=O) groups excluding carboxylic acids is 1. The maximum atomic E-state index is 12.3. The molecule has 0 aliphatic rings. The molecule has 1 heterocycles. The molecule has 0 saturated heterocycles. The number of aryl methyl sites for hydroxylation is 3. The minimum absolute atomic E-state index is 0.151. The normalized spacial score (nSPS) is 10.8. The molecule has 3 rings (SSSR count). The lowest BCUT2D eigenvalue weighted by molar-refractivity contribution is -0.113. The molecule has 0 fully saturated rings. The van der Waals surface area contributed by atoms with E-state index in [0.29, 0.717) is 27.5 Å². The number of pyridine rings is 1. The van der Waals surface area contributed by atoms with Crippen LogP contribution in [-0.4, -0.2) is 16.6 Å². The van der Waals surface area contributed by atoms with Crippen molar-refractivity contribution in [3.05, 3.63) is 76.5 Å². The molecule has 0 radical (unpaired) electrons. The maximum absolute atomic E-state index is 12.3. The van der Waals surface area contributed by atoms with Gasteiger partial charge in [0.1, 0.15) is 16.8 Å². The average molecular weight is 430 g/mol. The number of amides is 1. The number of nitrogens with one attached hydrogen (secondary N) is 1. The van der Waals surface area contributed by atoms with Gasteiger partial charge in [-0.3, -0.25) is 4.79 Å². The fourth-order valence-electron chi connectivity index (χ4n) is 2.88. The molecule has 3 aromatic rings. The van der Waals surface area contributed by atoms with E-state index in [1.807, 2.05) is 76.2 Å². The summed E-state index contributed by atoms with van der Waals surface area (Å²) >= 11 is 1.24. The van der Waals surface area contributed by atoms with Gasteiger partial charge in [0.25, 0.3) is 0 Å². The highest BCUT2D eigenvalue weighted by atomic mass is 32.2. The molecule has 0 saturated carbocycles. The molecular weight excluding hydrogens is 406 g/mol. The number of rotatable bonds is 6. The Morgan fingerprint density at radius 3 is 2.23 bits per heavy atom. The lowest BCUT2D eigenvalue weighted by atomic mass is 10.1. The molecule has 1 aromatic heterocycles. The number of aromatic nitrogens is 1. The maximum Gasteiger partial charge on any atom is 0.234 e. The van der Waals surface area contributed by atoms with Gasteiger partial charge < -0.3 is 5.32 Å². The Morgan fingerprint density at radius 1 is 1.00 bits per heavy atom. The van der Waals surface area contributed by atoms with Crippen molar-refractivity contribution in [2.45, 2.75) is 32.7 Å². The van der Waals surface area contributed by atoms with E-state index in [0.717, 1.165) is 22.5 Å². The highest BCUT2D eigenvalue weighted by molar-refractivity contribution is 8.00. The molecule has 31 heavy (non-hydrogen) atoms. The second kappa shape index (κ2) is 10.0. The zero-order chi connectivity index (χ0) is 22.4. The van der Waals surface area contributed by atoms with Crippen LogP contribution in [0, 0.1) is 39.0 Å². The van der Waals surface area contributed by atoms with Gasteiger partial charge >= 0.3 is 0 Å². The van der Waals surface area contributed by atoms with Gasteiger partial charge in [0.15, 0.2) is 0 Å². The Hall–Kier alpha value is -3.50. The third kappa shape index (κ3) is 5.77. The highest BCUT2D eigenvalue weighted by Gasteiger charge is 2.16. The summed E-state index contributed by atoms with van der Waals surface area (Å²) in [7, 11) is 0. The Balaban J connectivity index is 1.75. The highest BCUT2D eigenvalue weighted by Crippen LogP contribution is 2.32. The van der Waals surface area contributed by atoms with E-state index in [1.165, 1.54) is 11.8 Å². The monoisotopic (exact) mass is 429 g/mol. The number of nitrogens with zero attached hydrogens (tertiary/aromatic N) is 4. The standard InChI is InChI=1S/C24H23N5OS/c1-15-5-9-19(10-6-15)27-22(30)14-31-24-21(13-25)17(3)23(18(4)26-24)29-28-20-11-7-16(2)8-12-20/h5-12H,14H2,1-4H3,(H,27,30). The number of hydrogen-bond acceptors (Lipinski definition) is 6. The zero-order valence-electron chi connectivity index (χ0n) is 17.9. The van der Waals surface area contributed by atoms with E-state index in [4.69, 9.17) is 0 Å². The first-order chi connectivity index (χ1) is 14.9. The predicted octanol–water partition coefficient (Wildman–Crippen LogP) is 6.33. The molecule has 0 atom stereocenters. The summed E-state index contributed by atoms with van der Waals surface area (Å²) in [5.74, 6) is -0.00319. The summed E-state index contributed by atoms with van der Waals surface area (Å²) in [5, 5.41) is 21.7. The van der Waals surface area contributed by atoms with Crippen molar-refractivity contribution in [2.24, 2.45) is 10.2 Å². The third-order valence-electron chi connectivity index (χ3n) is 4.64. The number of azo groups is 1. The molecule has 0 unspecified atom stereocenters. The van der Waals surface area contributed by atoms with Crippen molar-refractivity contribution in [2.75, 3.05) is 11.1 Å². The molecule has 0 aliphatic heterocycles. The fourth-order valence-corrected chi connectivity index (χ4v) is 3.77. The van der Waals surface area contributed by atoms with Crippen LogP contribution >= 0.6 is 11.8 Å². The van der Waals surface area contributed by atoms with Crippen LogP contribution in [0.3, 0.4) is 0 Å².